The molecule has 0 aromatic carbocycles. The first-order chi connectivity index (χ1) is 10.1. The third kappa shape index (κ3) is 4.54. The van der Waals surface area contributed by atoms with Crippen LogP contribution < -0.4 is 5.32 Å². The monoisotopic (exact) mass is 295 g/mol. The van der Waals surface area contributed by atoms with Gasteiger partial charge in [-0.25, -0.2) is 0 Å². The van der Waals surface area contributed by atoms with E-state index in [9.17, 15) is 9.90 Å². The van der Waals surface area contributed by atoms with Crippen LogP contribution in [0, 0.1) is 6.92 Å². The van der Waals surface area contributed by atoms with Gasteiger partial charge in [0.25, 0.3) is 0 Å². The molecule has 2 rings (SSSR count). The van der Waals surface area contributed by atoms with Crippen molar-refractivity contribution in [1.82, 2.24) is 10.1 Å². The van der Waals surface area contributed by atoms with E-state index < -0.39 is 0 Å². The van der Waals surface area contributed by atoms with Crippen LogP contribution in [0.4, 0.5) is 5.82 Å². The van der Waals surface area contributed by atoms with Crippen LogP contribution in [0.2, 0.25) is 0 Å². The van der Waals surface area contributed by atoms with Crippen molar-refractivity contribution in [2.45, 2.75) is 58.1 Å². The van der Waals surface area contributed by atoms with E-state index in [1.165, 1.54) is 0 Å². The highest BCUT2D eigenvalue weighted by Crippen LogP contribution is 2.18. The summed E-state index contributed by atoms with van der Waals surface area (Å²) in [4.78, 5) is 14.6. The van der Waals surface area contributed by atoms with Crippen molar-refractivity contribution in [2.75, 3.05) is 18.4 Å². The van der Waals surface area contributed by atoms with Crippen LogP contribution in [0.3, 0.4) is 0 Å². The van der Waals surface area contributed by atoms with Gasteiger partial charge >= 0.3 is 0 Å². The number of anilines is 1. The highest BCUT2D eigenvalue weighted by molar-refractivity contribution is 5.94. The van der Waals surface area contributed by atoms with Crippen molar-refractivity contribution in [3.05, 3.63) is 11.8 Å². The smallest absolute Gasteiger partial charge is 0.242 e. The van der Waals surface area contributed by atoms with E-state index in [1.807, 2.05) is 0 Å². The quantitative estimate of drug-likeness (QED) is 0.838. The van der Waals surface area contributed by atoms with Gasteiger partial charge in [-0.2, -0.15) is 0 Å². The number of carbonyl (C=O) groups is 1. The number of likely N-dealkylation sites (tertiary alicyclic amines) is 1. The SMILES string of the molecule is CCCCC(C(=O)Nc1cc(C)on1)N1CCCC(O)C1. The zero-order valence-corrected chi connectivity index (χ0v) is 12.8. The van der Waals surface area contributed by atoms with Crippen molar-refractivity contribution in [2.24, 2.45) is 0 Å². The fourth-order valence-corrected chi connectivity index (χ4v) is 2.78. The largest absolute Gasteiger partial charge is 0.392 e. The first-order valence-corrected chi connectivity index (χ1v) is 7.76. The second-order valence-electron chi connectivity index (χ2n) is 5.76. The molecule has 2 N–H and O–H groups in total. The van der Waals surface area contributed by atoms with Gasteiger partial charge in [0.2, 0.25) is 5.91 Å². The Balaban J connectivity index is 2.01. The number of hydrogen-bond acceptors (Lipinski definition) is 5. The lowest BCUT2D eigenvalue weighted by Crippen LogP contribution is -2.50. The number of nitrogens with zero attached hydrogens (tertiary/aromatic N) is 2. The van der Waals surface area contributed by atoms with Crippen molar-refractivity contribution in [3.63, 3.8) is 0 Å². The zero-order chi connectivity index (χ0) is 15.2. The van der Waals surface area contributed by atoms with Crippen LogP contribution in [0.15, 0.2) is 10.6 Å². The van der Waals surface area contributed by atoms with E-state index in [1.54, 1.807) is 13.0 Å². The molecule has 1 aliphatic heterocycles. The fourth-order valence-electron chi connectivity index (χ4n) is 2.78. The molecule has 6 nitrogen and oxygen atoms in total. The first-order valence-electron chi connectivity index (χ1n) is 7.76. The van der Waals surface area contributed by atoms with E-state index in [2.05, 4.69) is 22.3 Å². The van der Waals surface area contributed by atoms with E-state index in [4.69, 9.17) is 4.52 Å². The van der Waals surface area contributed by atoms with Gasteiger partial charge in [-0.05, 0) is 32.7 Å². The number of hydrogen-bond donors (Lipinski definition) is 2. The minimum Gasteiger partial charge on any atom is -0.392 e. The molecule has 0 radical (unpaired) electrons. The average Bonchev–Trinajstić information content (AvgIpc) is 2.84. The Labute approximate surface area is 125 Å². The lowest BCUT2D eigenvalue weighted by atomic mass is 10.0. The average molecular weight is 295 g/mol. The van der Waals surface area contributed by atoms with E-state index in [0.717, 1.165) is 38.6 Å². The molecule has 1 aromatic heterocycles. The summed E-state index contributed by atoms with van der Waals surface area (Å²) in [7, 11) is 0. The number of aromatic nitrogens is 1. The van der Waals surface area contributed by atoms with E-state index in [-0.39, 0.29) is 18.1 Å². The summed E-state index contributed by atoms with van der Waals surface area (Å²) in [5.41, 5.74) is 0. The number of amides is 1. The molecule has 1 fully saturated rings. The molecule has 2 heterocycles. The molecule has 2 unspecified atom stereocenters. The molecule has 1 aliphatic rings. The normalized spacial score (nSPS) is 21.2. The second-order valence-corrected chi connectivity index (χ2v) is 5.76. The van der Waals surface area contributed by atoms with Gasteiger partial charge in [-0.15, -0.1) is 0 Å². The lowest BCUT2D eigenvalue weighted by molar-refractivity contribution is -0.122. The topological polar surface area (TPSA) is 78.6 Å². The number of β-amino-alcohol motifs (C(OH)–C–C–N with tert-alkyl or cyclic N) is 1. The summed E-state index contributed by atoms with van der Waals surface area (Å²) in [6, 6.07) is 1.50. The van der Waals surface area contributed by atoms with Crippen molar-refractivity contribution >= 4 is 11.7 Å². The molecule has 0 aliphatic carbocycles. The fraction of sp³-hybridized carbons (Fsp3) is 0.733. The molecular formula is C15H25N3O3. The Morgan fingerprint density at radius 3 is 3.10 bits per heavy atom. The molecule has 0 spiro atoms. The summed E-state index contributed by atoms with van der Waals surface area (Å²) >= 11 is 0. The molecule has 118 valence electrons. The minimum atomic E-state index is -0.329. The van der Waals surface area contributed by atoms with Crippen molar-refractivity contribution in [1.29, 1.82) is 0 Å². The van der Waals surface area contributed by atoms with Gasteiger partial charge in [0, 0.05) is 12.6 Å². The molecular weight excluding hydrogens is 270 g/mol. The Morgan fingerprint density at radius 2 is 2.48 bits per heavy atom. The second kappa shape index (κ2) is 7.56. The van der Waals surface area contributed by atoms with E-state index >= 15 is 0 Å². The van der Waals surface area contributed by atoms with Gasteiger partial charge < -0.3 is 14.9 Å². The number of aryl methyl sites for hydroxylation is 1. The Hall–Kier alpha value is -1.40. The molecule has 1 amide bonds. The number of aliphatic hydroxyl groups is 1. The molecule has 0 saturated carbocycles. The number of aliphatic hydroxyl groups excluding tert-OH is 1. The number of nitrogens with one attached hydrogen (secondary N) is 1. The third-order valence-electron chi connectivity index (χ3n) is 3.88. The first kappa shape index (κ1) is 16.0. The molecule has 2 atom stereocenters. The maximum atomic E-state index is 12.5. The molecule has 21 heavy (non-hydrogen) atoms. The van der Waals surface area contributed by atoms with Gasteiger partial charge in [0.05, 0.1) is 12.1 Å². The van der Waals surface area contributed by atoms with Crippen LogP contribution in [0.5, 0.6) is 0 Å². The van der Waals surface area contributed by atoms with Gasteiger partial charge in [0.15, 0.2) is 5.82 Å². The Bertz CT molecular complexity index is 461. The summed E-state index contributed by atoms with van der Waals surface area (Å²) in [5, 5.41) is 16.4. The van der Waals surface area contributed by atoms with Gasteiger partial charge in [-0.3, -0.25) is 9.69 Å². The van der Waals surface area contributed by atoms with Crippen LogP contribution in [0.25, 0.3) is 0 Å². The van der Waals surface area contributed by atoms with Crippen LogP contribution >= 0.6 is 0 Å². The summed E-state index contributed by atoms with van der Waals surface area (Å²) in [6.07, 6.45) is 4.25. The number of carbonyl (C=O) groups excluding carboxylic acids is 1. The lowest BCUT2D eigenvalue weighted by Gasteiger charge is -2.35. The summed E-state index contributed by atoms with van der Waals surface area (Å²) in [6.45, 7) is 5.33. The van der Waals surface area contributed by atoms with Gasteiger partial charge in [-0.1, -0.05) is 24.9 Å². The molecule has 1 aromatic rings. The summed E-state index contributed by atoms with van der Waals surface area (Å²) < 4.78 is 4.97. The minimum absolute atomic E-state index is 0.0640. The predicted molar refractivity (Wildman–Crippen MR) is 80.0 cm³/mol. The number of unbranched alkanes of at least 4 members (excludes halogenated alkanes) is 1. The summed E-state index contributed by atoms with van der Waals surface area (Å²) in [5.74, 6) is 1.06. The number of piperidine rings is 1. The molecule has 1 saturated heterocycles. The molecule has 0 bridgehead atoms. The van der Waals surface area contributed by atoms with Gasteiger partial charge in [0.1, 0.15) is 5.76 Å². The number of rotatable bonds is 6. The van der Waals surface area contributed by atoms with Crippen molar-refractivity contribution in [3.8, 4) is 0 Å². The standard InChI is InChI=1S/C15H25N3O3/c1-3-4-7-13(18-8-5-6-12(19)10-18)15(20)16-14-9-11(2)21-17-14/h9,12-13,19H,3-8,10H2,1-2H3,(H,16,17,20). The van der Waals surface area contributed by atoms with Crippen molar-refractivity contribution < 1.29 is 14.4 Å². The maximum absolute atomic E-state index is 12.5. The third-order valence-corrected chi connectivity index (χ3v) is 3.88. The zero-order valence-electron chi connectivity index (χ0n) is 12.8. The van der Waals surface area contributed by atoms with Crippen LogP contribution in [-0.4, -0.2) is 46.3 Å². The highest BCUT2D eigenvalue weighted by atomic mass is 16.5. The van der Waals surface area contributed by atoms with E-state index in [0.29, 0.717) is 18.1 Å². The highest BCUT2D eigenvalue weighted by Gasteiger charge is 2.29. The Kier molecular flexibility index (Phi) is 5.76. The predicted octanol–water partition coefficient (Wildman–Crippen LogP) is 1.94. The van der Waals surface area contributed by atoms with Crippen LogP contribution in [0.1, 0.15) is 44.8 Å². The van der Waals surface area contributed by atoms with Crippen LogP contribution in [-0.2, 0) is 4.79 Å². The Morgan fingerprint density at radius 1 is 1.67 bits per heavy atom. The molecule has 6 heteroatoms. The maximum Gasteiger partial charge on any atom is 0.242 e.